The molecule has 0 amide bonds. The highest BCUT2D eigenvalue weighted by Crippen LogP contribution is 2.59. The van der Waals surface area contributed by atoms with Crippen LogP contribution in [0.15, 0.2) is 11.6 Å². The molecular weight excluding hydrogens is 139 g/mol. The standard InChI is InChI=1S/C10H15F/c1-10(2)8-4-3-7(6-11)9(10)5-8/h3,8-9H,4-6H2,1-2H3/t8-,9-/m0/s1. The fraction of sp³-hybridized carbons (Fsp3) is 0.800. The van der Waals surface area contributed by atoms with E-state index in [1.165, 1.54) is 6.42 Å². The summed E-state index contributed by atoms with van der Waals surface area (Å²) in [5.74, 6) is 1.40. The van der Waals surface area contributed by atoms with Gasteiger partial charge in [0.05, 0.1) is 0 Å². The van der Waals surface area contributed by atoms with Crippen LogP contribution in [0.4, 0.5) is 4.39 Å². The van der Waals surface area contributed by atoms with Crippen molar-refractivity contribution in [3.05, 3.63) is 11.6 Å². The lowest BCUT2D eigenvalue weighted by molar-refractivity contribution is -0.00951. The van der Waals surface area contributed by atoms with Crippen molar-refractivity contribution in [1.82, 2.24) is 0 Å². The van der Waals surface area contributed by atoms with Gasteiger partial charge in [-0.2, -0.15) is 0 Å². The first kappa shape index (κ1) is 7.33. The molecule has 0 nitrogen and oxygen atoms in total. The van der Waals surface area contributed by atoms with Crippen LogP contribution in [0.25, 0.3) is 0 Å². The van der Waals surface area contributed by atoms with Crippen LogP contribution in [0, 0.1) is 17.3 Å². The van der Waals surface area contributed by atoms with Gasteiger partial charge in [0, 0.05) is 0 Å². The lowest BCUT2D eigenvalue weighted by Gasteiger charge is -2.56. The van der Waals surface area contributed by atoms with Crippen LogP contribution in [0.5, 0.6) is 0 Å². The normalized spacial score (nSPS) is 39.4. The van der Waals surface area contributed by atoms with Gasteiger partial charge in [-0.3, -0.25) is 0 Å². The molecule has 2 bridgehead atoms. The van der Waals surface area contributed by atoms with E-state index in [9.17, 15) is 4.39 Å². The number of halogens is 1. The average Bonchev–Trinajstić information content (AvgIpc) is 2.04. The summed E-state index contributed by atoms with van der Waals surface area (Å²) < 4.78 is 12.4. The molecule has 0 heterocycles. The average molecular weight is 154 g/mol. The molecule has 11 heavy (non-hydrogen) atoms. The Morgan fingerprint density at radius 1 is 1.64 bits per heavy atom. The Balaban J connectivity index is 2.23. The van der Waals surface area contributed by atoms with Crippen molar-refractivity contribution in [3.63, 3.8) is 0 Å². The maximum Gasteiger partial charge on any atom is 0.111 e. The SMILES string of the molecule is CC1(C)[C@H]2CC=C(CF)[C@@H]1C2. The molecule has 3 aliphatic rings. The Morgan fingerprint density at radius 3 is 2.73 bits per heavy atom. The van der Waals surface area contributed by atoms with Crippen LogP contribution in [0.1, 0.15) is 26.7 Å². The van der Waals surface area contributed by atoms with Crippen LogP contribution >= 0.6 is 0 Å². The zero-order valence-electron chi connectivity index (χ0n) is 7.23. The van der Waals surface area contributed by atoms with Crippen LogP contribution in [-0.2, 0) is 0 Å². The first-order chi connectivity index (χ1) is 5.16. The fourth-order valence-corrected chi connectivity index (χ4v) is 2.63. The molecule has 0 aromatic rings. The van der Waals surface area contributed by atoms with Gasteiger partial charge in [0.15, 0.2) is 0 Å². The summed E-state index contributed by atoms with van der Waals surface area (Å²) in [7, 11) is 0. The van der Waals surface area contributed by atoms with Gasteiger partial charge in [-0.25, -0.2) is 4.39 Å². The van der Waals surface area contributed by atoms with E-state index in [0.717, 1.165) is 17.9 Å². The molecule has 0 radical (unpaired) electrons. The molecule has 1 saturated carbocycles. The number of hydrogen-bond donors (Lipinski definition) is 0. The molecule has 0 saturated heterocycles. The third-order valence-corrected chi connectivity index (χ3v) is 3.74. The van der Waals surface area contributed by atoms with E-state index in [-0.39, 0.29) is 6.67 Å². The molecular formula is C10H15F. The predicted molar refractivity (Wildman–Crippen MR) is 44.1 cm³/mol. The molecule has 1 fully saturated rings. The van der Waals surface area contributed by atoms with Gasteiger partial charge in [-0.05, 0) is 35.7 Å². The minimum atomic E-state index is -0.221. The van der Waals surface area contributed by atoms with E-state index in [4.69, 9.17) is 0 Å². The van der Waals surface area contributed by atoms with Crippen molar-refractivity contribution in [2.75, 3.05) is 6.67 Å². The second kappa shape index (κ2) is 2.09. The van der Waals surface area contributed by atoms with Gasteiger partial charge >= 0.3 is 0 Å². The maximum atomic E-state index is 12.4. The highest BCUT2D eigenvalue weighted by atomic mass is 19.1. The molecule has 3 aliphatic carbocycles. The Hall–Kier alpha value is -0.330. The molecule has 0 N–H and O–H groups in total. The molecule has 1 heteroatoms. The summed E-state index contributed by atoms with van der Waals surface area (Å²) in [6.07, 6.45) is 4.47. The number of alkyl halides is 1. The van der Waals surface area contributed by atoms with Gasteiger partial charge in [0.1, 0.15) is 6.67 Å². The van der Waals surface area contributed by atoms with Crippen LogP contribution < -0.4 is 0 Å². The Morgan fingerprint density at radius 2 is 2.36 bits per heavy atom. The first-order valence-electron chi connectivity index (χ1n) is 4.41. The van der Waals surface area contributed by atoms with Crippen molar-refractivity contribution >= 4 is 0 Å². The van der Waals surface area contributed by atoms with E-state index in [0.29, 0.717) is 11.3 Å². The summed E-state index contributed by atoms with van der Waals surface area (Å²) in [6.45, 7) is 4.32. The number of rotatable bonds is 1. The molecule has 0 aliphatic heterocycles. The zero-order chi connectivity index (χ0) is 8.06. The Labute approximate surface area is 67.5 Å². The third-order valence-electron chi connectivity index (χ3n) is 3.74. The lowest BCUT2D eigenvalue weighted by atomic mass is 9.49. The quantitative estimate of drug-likeness (QED) is 0.509. The lowest BCUT2D eigenvalue weighted by Crippen LogP contribution is -2.48. The van der Waals surface area contributed by atoms with Crippen molar-refractivity contribution in [1.29, 1.82) is 0 Å². The number of fused-ring (bicyclic) bond motifs is 1. The van der Waals surface area contributed by atoms with Gasteiger partial charge in [-0.1, -0.05) is 19.9 Å². The van der Waals surface area contributed by atoms with E-state index in [2.05, 4.69) is 19.9 Å². The number of allylic oxidation sites excluding steroid dienone is 2. The molecule has 0 unspecified atom stereocenters. The fourth-order valence-electron chi connectivity index (χ4n) is 2.63. The highest BCUT2D eigenvalue weighted by molar-refractivity contribution is 5.23. The minimum Gasteiger partial charge on any atom is -0.246 e. The zero-order valence-corrected chi connectivity index (χ0v) is 7.23. The van der Waals surface area contributed by atoms with Gasteiger partial charge in [-0.15, -0.1) is 0 Å². The minimum absolute atomic E-state index is 0.221. The monoisotopic (exact) mass is 154 g/mol. The van der Waals surface area contributed by atoms with Gasteiger partial charge in [0.2, 0.25) is 0 Å². The molecule has 0 aromatic heterocycles. The van der Waals surface area contributed by atoms with Gasteiger partial charge in [0.25, 0.3) is 0 Å². The molecule has 0 aromatic carbocycles. The summed E-state index contributed by atoms with van der Waals surface area (Å²) in [4.78, 5) is 0. The third kappa shape index (κ3) is 0.800. The van der Waals surface area contributed by atoms with Crippen LogP contribution in [-0.4, -0.2) is 6.67 Å². The van der Waals surface area contributed by atoms with Crippen molar-refractivity contribution < 1.29 is 4.39 Å². The van der Waals surface area contributed by atoms with Crippen molar-refractivity contribution in [2.45, 2.75) is 26.7 Å². The largest absolute Gasteiger partial charge is 0.246 e. The van der Waals surface area contributed by atoms with Crippen molar-refractivity contribution in [2.24, 2.45) is 17.3 Å². The predicted octanol–water partition coefficient (Wildman–Crippen LogP) is 2.95. The first-order valence-corrected chi connectivity index (χ1v) is 4.41. The van der Waals surface area contributed by atoms with Crippen LogP contribution in [0.2, 0.25) is 0 Å². The maximum absolute atomic E-state index is 12.4. The molecule has 2 atom stereocenters. The second-order valence-corrected chi connectivity index (χ2v) is 4.45. The van der Waals surface area contributed by atoms with E-state index >= 15 is 0 Å². The highest BCUT2D eigenvalue weighted by Gasteiger charge is 2.50. The molecule has 3 rings (SSSR count). The molecule has 0 spiro atoms. The Bertz CT molecular complexity index is 203. The molecule has 62 valence electrons. The summed E-state index contributed by atoms with van der Waals surface area (Å²) in [5, 5.41) is 0. The van der Waals surface area contributed by atoms with E-state index in [1.807, 2.05) is 0 Å². The topological polar surface area (TPSA) is 0 Å². The van der Waals surface area contributed by atoms with E-state index in [1.54, 1.807) is 0 Å². The number of hydrogen-bond acceptors (Lipinski definition) is 0. The summed E-state index contributed by atoms with van der Waals surface area (Å²) in [5.41, 5.74) is 1.47. The van der Waals surface area contributed by atoms with Crippen LogP contribution in [0.3, 0.4) is 0 Å². The summed E-state index contributed by atoms with van der Waals surface area (Å²) >= 11 is 0. The smallest absolute Gasteiger partial charge is 0.111 e. The second-order valence-electron chi connectivity index (χ2n) is 4.45. The van der Waals surface area contributed by atoms with Gasteiger partial charge < -0.3 is 0 Å². The Kier molecular flexibility index (Phi) is 1.39. The summed E-state index contributed by atoms with van der Waals surface area (Å²) in [6, 6.07) is 0. The van der Waals surface area contributed by atoms with E-state index < -0.39 is 0 Å². The van der Waals surface area contributed by atoms with Crippen molar-refractivity contribution in [3.8, 4) is 0 Å².